The summed E-state index contributed by atoms with van der Waals surface area (Å²) >= 11 is 0.742. The predicted octanol–water partition coefficient (Wildman–Crippen LogP) is 2.20. The molecule has 0 saturated heterocycles. The lowest BCUT2D eigenvalue weighted by Crippen LogP contribution is -2.21. The van der Waals surface area contributed by atoms with E-state index in [1.165, 1.54) is 6.92 Å². The Bertz CT molecular complexity index is 304. The Morgan fingerprint density at radius 2 is 2.17 bits per heavy atom. The Labute approximate surface area is 70.0 Å². The molecule has 0 aromatic carbocycles. The number of alkyl halides is 3. The Hall–Kier alpha value is -0.910. The Balaban J connectivity index is 2.93. The first-order valence-corrected chi connectivity index (χ1v) is 3.77. The number of hydrogen-bond acceptors (Lipinski definition) is 3. The summed E-state index contributed by atoms with van der Waals surface area (Å²) in [6, 6.07) is 0. The molecule has 1 heterocycles. The fourth-order valence-corrected chi connectivity index (χ4v) is 1.34. The molecule has 1 aromatic heterocycles. The summed E-state index contributed by atoms with van der Waals surface area (Å²) in [6.07, 6.45) is -3.85. The number of ketones is 1. The standard InChI is InChI=1S/C6H4F3NOS/c1-3-10-2-4(12-3)5(11)6(7,8)9/h2H,1H3. The molecule has 1 aromatic rings. The predicted molar refractivity (Wildman–Crippen MR) is 37.2 cm³/mol. The second-order valence-electron chi connectivity index (χ2n) is 2.07. The molecule has 12 heavy (non-hydrogen) atoms. The lowest BCUT2D eigenvalue weighted by molar-refractivity contribution is -0.0882. The molecule has 6 heteroatoms. The van der Waals surface area contributed by atoms with Gasteiger partial charge in [0.2, 0.25) is 0 Å². The normalized spacial score (nSPS) is 11.7. The van der Waals surface area contributed by atoms with E-state index in [2.05, 4.69) is 4.98 Å². The van der Waals surface area contributed by atoms with E-state index in [0.717, 1.165) is 17.5 Å². The van der Waals surface area contributed by atoms with E-state index in [9.17, 15) is 18.0 Å². The molecule has 0 bridgehead atoms. The van der Waals surface area contributed by atoms with E-state index in [-0.39, 0.29) is 4.88 Å². The summed E-state index contributed by atoms with van der Waals surface area (Å²) in [5, 5.41) is 0.447. The Morgan fingerprint density at radius 1 is 1.58 bits per heavy atom. The molecular formula is C6H4F3NOS. The van der Waals surface area contributed by atoms with Crippen LogP contribution in [0.3, 0.4) is 0 Å². The third-order valence-electron chi connectivity index (χ3n) is 1.10. The highest BCUT2D eigenvalue weighted by molar-refractivity contribution is 7.13. The first-order chi connectivity index (χ1) is 5.41. The molecule has 0 fully saturated rings. The maximum atomic E-state index is 11.8. The minimum atomic E-state index is -4.79. The summed E-state index contributed by atoms with van der Waals surface area (Å²) in [4.78, 5) is 13.7. The van der Waals surface area contributed by atoms with Gasteiger partial charge >= 0.3 is 6.18 Å². The summed E-state index contributed by atoms with van der Waals surface area (Å²) in [6.45, 7) is 1.54. The molecule has 0 radical (unpaired) electrons. The molecule has 0 saturated carbocycles. The molecule has 0 spiro atoms. The average Bonchev–Trinajstić information content (AvgIpc) is 2.32. The number of nitrogens with zero attached hydrogens (tertiary/aromatic N) is 1. The summed E-state index contributed by atoms with van der Waals surface area (Å²) in [5.41, 5.74) is 0. The molecule has 2 nitrogen and oxygen atoms in total. The van der Waals surface area contributed by atoms with Gasteiger partial charge in [-0.2, -0.15) is 13.2 Å². The highest BCUT2D eigenvalue weighted by atomic mass is 32.1. The molecule has 0 aliphatic carbocycles. The molecule has 0 amide bonds. The number of rotatable bonds is 1. The van der Waals surface area contributed by atoms with Crippen molar-refractivity contribution in [3.8, 4) is 0 Å². The first-order valence-electron chi connectivity index (χ1n) is 2.95. The molecule has 0 aliphatic heterocycles. The highest BCUT2D eigenvalue weighted by Gasteiger charge is 2.40. The van der Waals surface area contributed by atoms with Crippen LogP contribution < -0.4 is 0 Å². The topological polar surface area (TPSA) is 30.0 Å². The molecule has 1 rings (SSSR count). The fraction of sp³-hybridized carbons (Fsp3) is 0.333. The van der Waals surface area contributed by atoms with Gasteiger partial charge < -0.3 is 0 Å². The lowest BCUT2D eigenvalue weighted by atomic mass is 10.3. The zero-order chi connectivity index (χ0) is 9.35. The summed E-state index contributed by atoms with van der Waals surface area (Å²) < 4.78 is 35.3. The van der Waals surface area contributed by atoms with Crippen molar-refractivity contribution >= 4 is 17.1 Å². The van der Waals surface area contributed by atoms with Crippen LogP contribution in [0, 0.1) is 6.92 Å². The van der Waals surface area contributed by atoms with Crippen LogP contribution in [0.25, 0.3) is 0 Å². The number of thiazole rings is 1. The molecule has 0 aliphatic rings. The van der Waals surface area contributed by atoms with Crippen LogP contribution >= 0.6 is 11.3 Å². The second kappa shape index (κ2) is 2.85. The van der Waals surface area contributed by atoms with Gasteiger partial charge in [-0.15, -0.1) is 11.3 Å². The van der Waals surface area contributed by atoms with Gasteiger partial charge in [-0.25, -0.2) is 4.98 Å². The van der Waals surface area contributed by atoms with E-state index in [1.807, 2.05) is 0 Å². The fourth-order valence-electron chi connectivity index (χ4n) is 0.606. The molecular weight excluding hydrogens is 191 g/mol. The molecule has 0 N–H and O–H groups in total. The quantitative estimate of drug-likeness (QED) is 0.643. The molecule has 0 atom stereocenters. The van der Waals surface area contributed by atoms with E-state index in [1.54, 1.807) is 0 Å². The maximum Gasteiger partial charge on any atom is 0.455 e. The first kappa shape index (κ1) is 9.18. The second-order valence-corrected chi connectivity index (χ2v) is 3.31. The van der Waals surface area contributed by atoms with E-state index < -0.39 is 12.0 Å². The van der Waals surface area contributed by atoms with Crippen LogP contribution in [0.15, 0.2) is 6.20 Å². The van der Waals surface area contributed by atoms with Gasteiger partial charge in [0, 0.05) is 6.20 Å². The Morgan fingerprint density at radius 3 is 2.50 bits per heavy atom. The van der Waals surface area contributed by atoms with Crippen LogP contribution in [0.4, 0.5) is 13.2 Å². The van der Waals surface area contributed by atoms with Crippen LogP contribution in [0.1, 0.15) is 14.7 Å². The van der Waals surface area contributed by atoms with Gasteiger partial charge in [-0.3, -0.25) is 4.79 Å². The SMILES string of the molecule is Cc1ncc(C(=O)C(F)(F)F)s1. The van der Waals surface area contributed by atoms with Crippen molar-refractivity contribution in [2.45, 2.75) is 13.1 Å². The van der Waals surface area contributed by atoms with E-state index in [0.29, 0.717) is 5.01 Å². The van der Waals surface area contributed by atoms with Crippen molar-refractivity contribution < 1.29 is 18.0 Å². The molecule has 66 valence electrons. The van der Waals surface area contributed by atoms with Crippen LogP contribution in [0.2, 0.25) is 0 Å². The minimum Gasteiger partial charge on any atom is -0.283 e. The van der Waals surface area contributed by atoms with Crippen molar-refractivity contribution in [3.63, 3.8) is 0 Å². The van der Waals surface area contributed by atoms with Crippen LogP contribution in [0.5, 0.6) is 0 Å². The number of Topliss-reactive ketones (excluding diaryl/α,β-unsaturated/α-hetero) is 1. The summed E-state index contributed by atoms with van der Waals surface area (Å²) in [5.74, 6) is -1.83. The van der Waals surface area contributed by atoms with Gasteiger partial charge in [0.1, 0.15) is 0 Å². The van der Waals surface area contributed by atoms with Crippen molar-refractivity contribution in [2.24, 2.45) is 0 Å². The number of aromatic nitrogens is 1. The van der Waals surface area contributed by atoms with Crippen LogP contribution in [-0.4, -0.2) is 16.9 Å². The van der Waals surface area contributed by atoms with Crippen molar-refractivity contribution in [1.29, 1.82) is 0 Å². The average molecular weight is 195 g/mol. The van der Waals surface area contributed by atoms with Crippen molar-refractivity contribution in [3.05, 3.63) is 16.1 Å². The Kier molecular flexibility index (Phi) is 2.18. The largest absolute Gasteiger partial charge is 0.455 e. The zero-order valence-electron chi connectivity index (χ0n) is 5.97. The molecule has 0 unspecified atom stereocenters. The van der Waals surface area contributed by atoms with E-state index >= 15 is 0 Å². The number of carbonyl (C=O) groups excluding carboxylic acids is 1. The van der Waals surface area contributed by atoms with Gasteiger partial charge in [0.15, 0.2) is 0 Å². The summed E-state index contributed by atoms with van der Waals surface area (Å²) in [7, 11) is 0. The number of halogens is 3. The van der Waals surface area contributed by atoms with Crippen molar-refractivity contribution in [1.82, 2.24) is 4.98 Å². The van der Waals surface area contributed by atoms with Gasteiger partial charge in [0.25, 0.3) is 5.78 Å². The minimum absolute atomic E-state index is 0.361. The number of carbonyl (C=O) groups is 1. The van der Waals surface area contributed by atoms with Gasteiger partial charge in [-0.1, -0.05) is 0 Å². The number of aryl methyl sites for hydroxylation is 1. The third-order valence-corrected chi connectivity index (χ3v) is 2.01. The van der Waals surface area contributed by atoms with Gasteiger partial charge in [0.05, 0.1) is 9.88 Å². The monoisotopic (exact) mass is 195 g/mol. The highest BCUT2D eigenvalue weighted by Crippen LogP contribution is 2.24. The zero-order valence-corrected chi connectivity index (χ0v) is 6.79. The third kappa shape index (κ3) is 1.82. The lowest BCUT2D eigenvalue weighted by Gasteiger charge is -2.00. The number of hydrogen-bond donors (Lipinski definition) is 0. The van der Waals surface area contributed by atoms with Crippen LogP contribution in [-0.2, 0) is 0 Å². The van der Waals surface area contributed by atoms with E-state index in [4.69, 9.17) is 0 Å². The smallest absolute Gasteiger partial charge is 0.283 e. The van der Waals surface area contributed by atoms with Crippen molar-refractivity contribution in [2.75, 3.05) is 0 Å². The maximum absolute atomic E-state index is 11.8. The van der Waals surface area contributed by atoms with Gasteiger partial charge in [-0.05, 0) is 6.92 Å².